The largest absolute Gasteiger partial charge is 0.496 e. The van der Waals surface area contributed by atoms with Crippen molar-refractivity contribution in [3.05, 3.63) is 66.0 Å². The van der Waals surface area contributed by atoms with Crippen LogP contribution in [0.25, 0.3) is 6.08 Å². The van der Waals surface area contributed by atoms with Crippen LogP contribution in [-0.2, 0) is 9.53 Å². The topological polar surface area (TPSA) is 67.9 Å². The van der Waals surface area contributed by atoms with E-state index in [9.17, 15) is 14.0 Å². The second-order valence-corrected chi connectivity index (χ2v) is 5.70. The highest BCUT2D eigenvalue weighted by atomic mass is 19.1. The first-order valence-corrected chi connectivity index (χ1v) is 8.81. The molecule has 0 bridgehead atoms. The summed E-state index contributed by atoms with van der Waals surface area (Å²) in [6.07, 6.45) is 3.61. The van der Waals surface area contributed by atoms with Crippen LogP contribution in [0.5, 0.6) is 5.75 Å². The molecule has 0 aliphatic rings. The number of nitrogens with zero attached hydrogens (tertiary/aromatic N) is 1. The summed E-state index contributed by atoms with van der Waals surface area (Å²) >= 11 is 0. The fraction of sp³-hybridized carbons (Fsp3) is 0.238. The molecule has 0 aromatic heterocycles. The van der Waals surface area contributed by atoms with E-state index in [1.807, 2.05) is 30.3 Å². The van der Waals surface area contributed by atoms with Gasteiger partial charge in [-0.05, 0) is 37.3 Å². The van der Waals surface area contributed by atoms with E-state index in [1.165, 1.54) is 29.2 Å². The maximum absolute atomic E-state index is 13.2. The van der Waals surface area contributed by atoms with Crippen LogP contribution in [-0.4, -0.2) is 38.8 Å². The van der Waals surface area contributed by atoms with Gasteiger partial charge >= 0.3 is 12.0 Å². The van der Waals surface area contributed by atoms with Crippen molar-refractivity contribution in [3.8, 4) is 5.75 Å². The number of hydrogen-bond acceptors (Lipinski definition) is 4. The summed E-state index contributed by atoms with van der Waals surface area (Å²) in [5.41, 5.74) is 1.35. The molecule has 2 rings (SSSR count). The maximum atomic E-state index is 13.2. The van der Waals surface area contributed by atoms with Crippen molar-refractivity contribution in [2.24, 2.45) is 0 Å². The van der Waals surface area contributed by atoms with E-state index in [-0.39, 0.29) is 19.7 Å². The zero-order chi connectivity index (χ0) is 20.4. The third-order valence-corrected chi connectivity index (χ3v) is 3.80. The van der Waals surface area contributed by atoms with Crippen LogP contribution in [0.3, 0.4) is 0 Å². The number of esters is 1. The SMILES string of the molecule is CCOC(=O)CNC(=O)N(C/C=C/c1ccccc1OC)c1ccc(F)cc1. The number of methoxy groups -OCH3 is 1. The van der Waals surface area contributed by atoms with Crippen LogP contribution in [0.1, 0.15) is 12.5 Å². The van der Waals surface area contributed by atoms with E-state index in [4.69, 9.17) is 9.47 Å². The zero-order valence-corrected chi connectivity index (χ0v) is 15.9. The van der Waals surface area contributed by atoms with Crippen LogP contribution < -0.4 is 15.0 Å². The van der Waals surface area contributed by atoms with Gasteiger partial charge in [-0.3, -0.25) is 9.69 Å². The summed E-state index contributed by atoms with van der Waals surface area (Å²) < 4.78 is 23.3. The van der Waals surface area contributed by atoms with Crippen LogP contribution >= 0.6 is 0 Å². The maximum Gasteiger partial charge on any atom is 0.325 e. The molecule has 0 fully saturated rings. The average molecular weight is 386 g/mol. The van der Waals surface area contributed by atoms with Gasteiger partial charge in [-0.1, -0.05) is 30.4 Å². The first kappa shape index (κ1) is 21.0. The van der Waals surface area contributed by atoms with E-state index in [2.05, 4.69) is 5.32 Å². The second kappa shape index (κ2) is 10.7. The number of rotatable bonds is 8. The highest BCUT2D eigenvalue weighted by Gasteiger charge is 2.16. The molecule has 0 heterocycles. The number of halogens is 1. The number of anilines is 1. The summed E-state index contributed by atoms with van der Waals surface area (Å²) in [6, 6.07) is 12.5. The van der Waals surface area contributed by atoms with Gasteiger partial charge in [-0.25, -0.2) is 9.18 Å². The lowest BCUT2D eigenvalue weighted by Crippen LogP contribution is -2.42. The molecule has 7 heteroatoms. The van der Waals surface area contributed by atoms with Crippen LogP contribution in [0.2, 0.25) is 0 Å². The van der Waals surface area contributed by atoms with Crippen LogP contribution in [0, 0.1) is 5.82 Å². The van der Waals surface area contributed by atoms with Gasteiger partial charge in [0.2, 0.25) is 0 Å². The second-order valence-electron chi connectivity index (χ2n) is 5.70. The van der Waals surface area contributed by atoms with E-state index in [0.29, 0.717) is 11.4 Å². The lowest BCUT2D eigenvalue weighted by atomic mass is 10.2. The van der Waals surface area contributed by atoms with Gasteiger partial charge in [0.05, 0.1) is 13.7 Å². The molecule has 0 aliphatic heterocycles. The standard InChI is InChI=1S/C21H23FN2O4/c1-3-28-20(25)15-23-21(26)24(18-12-10-17(22)11-13-18)14-6-8-16-7-4-5-9-19(16)27-2/h4-13H,3,14-15H2,1-2H3,(H,23,26)/b8-6+. The van der Waals surface area contributed by atoms with Crippen LogP contribution in [0.4, 0.5) is 14.9 Å². The fourth-order valence-corrected chi connectivity index (χ4v) is 2.47. The first-order chi connectivity index (χ1) is 13.5. The van der Waals surface area contributed by atoms with Crippen molar-refractivity contribution < 1.29 is 23.5 Å². The number of carbonyl (C=O) groups is 2. The Morgan fingerprint density at radius 3 is 2.54 bits per heavy atom. The molecule has 0 saturated carbocycles. The minimum atomic E-state index is -0.528. The van der Waals surface area contributed by atoms with Gasteiger partial charge in [0.1, 0.15) is 18.1 Å². The Balaban J connectivity index is 2.14. The van der Waals surface area contributed by atoms with E-state index >= 15 is 0 Å². The molecule has 1 N–H and O–H groups in total. The Bertz CT molecular complexity index is 821. The fourth-order valence-electron chi connectivity index (χ4n) is 2.47. The van der Waals surface area contributed by atoms with Gasteiger partial charge in [-0.2, -0.15) is 0 Å². The highest BCUT2D eigenvalue weighted by Crippen LogP contribution is 2.19. The lowest BCUT2D eigenvalue weighted by Gasteiger charge is -2.21. The predicted molar refractivity (Wildman–Crippen MR) is 106 cm³/mol. The molecule has 0 unspecified atom stereocenters. The summed E-state index contributed by atoms with van der Waals surface area (Å²) in [4.78, 5) is 25.4. The van der Waals surface area contributed by atoms with Gasteiger partial charge in [-0.15, -0.1) is 0 Å². The molecule has 2 aromatic rings. The predicted octanol–water partition coefficient (Wildman–Crippen LogP) is 3.63. The first-order valence-electron chi connectivity index (χ1n) is 8.81. The third-order valence-electron chi connectivity index (χ3n) is 3.80. The Labute approximate surface area is 163 Å². The molecule has 0 aliphatic carbocycles. The van der Waals surface area contributed by atoms with Crippen molar-refractivity contribution in [3.63, 3.8) is 0 Å². The summed E-state index contributed by atoms with van der Waals surface area (Å²) in [5.74, 6) is -0.224. The minimum Gasteiger partial charge on any atom is -0.496 e. The van der Waals surface area contributed by atoms with Gasteiger partial charge in [0, 0.05) is 17.8 Å². The number of ether oxygens (including phenoxy) is 2. The number of carbonyl (C=O) groups excluding carboxylic acids is 2. The number of urea groups is 1. The number of amides is 2. The lowest BCUT2D eigenvalue weighted by molar-refractivity contribution is -0.141. The molecular weight excluding hydrogens is 363 g/mol. The van der Waals surface area contributed by atoms with Crippen molar-refractivity contribution in [2.75, 3.05) is 31.7 Å². The average Bonchev–Trinajstić information content (AvgIpc) is 2.71. The van der Waals surface area contributed by atoms with Crippen molar-refractivity contribution in [2.45, 2.75) is 6.92 Å². The molecule has 2 aromatic carbocycles. The normalized spacial score (nSPS) is 10.5. The molecule has 2 amide bonds. The molecule has 0 atom stereocenters. The van der Waals surface area contributed by atoms with E-state index in [1.54, 1.807) is 20.1 Å². The van der Waals surface area contributed by atoms with Gasteiger partial charge in [0.25, 0.3) is 0 Å². The quantitative estimate of drug-likeness (QED) is 0.704. The van der Waals surface area contributed by atoms with E-state index in [0.717, 1.165) is 5.56 Å². The molecule has 0 spiro atoms. The molecular formula is C21H23FN2O4. The van der Waals surface area contributed by atoms with Crippen molar-refractivity contribution in [1.29, 1.82) is 0 Å². The molecule has 0 saturated heterocycles. The summed E-state index contributed by atoms with van der Waals surface area (Å²) in [5, 5.41) is 2.51. The van der Waals surface area contributed by atoms with Crippen molar-refractivity contribution in [1.82, 2.24) is 5.32 Å². The third kappa shape index (κ3) is 6.12. The zero-order valence-electron chi connectivity index (χ0n) is 15.9. The monoisotopic (exact) mass is 386 g/mol. The van der Waals surface area contributed by atoms with Crippen LogP contribution in [0.15, 0.2) is 54.6 Å². The number of nitrogens with one attached hydrogen (secondary N) is 1. The molecule has 0 radical (unpaired) electrons. The number of para-hydroxylation sites is 1. The number of hydrogen-bond donors (Lipinski definition) is 1. The van der Waals surface area contributed by atoms with E-state index < -0.39 is 17.8 Å². The summed E-state index contributed by atoms with van der Waals surface area (Å²) in [7, 11) is 1.58. The minimum absolute atomic E-state index is 0.207. The Morgan fingerprint density at radius 2 is 1.86 bits per heavy atom. The number of benzene rings is 2. The summed E-state index contributed by atoms with van der Waals surface area (Å²) in [6.45, 7) is 1.88. The smallest absolute Gasteiger partial charge is 0.325 e. The molecule has 28 heavy (non-hydrogen) atoms. The van der Waals surface area contributed by atoms with Gasteiger partial charge in [0.15, 0.2) is 0 Å². The Hall–Kier alpha value is -3.35. The van der Waals surface area contributed by atoms with Gasteiger partial charge < -0.3 is 14.8 Å². The Kier molecular flexibility index (Phi) is 8.02. The highest BCUT2D eigenvalue weighted by molar-refractivity contribution is 5.94. The molecule has 6 nitrogen and oxygen atoms in total. The van der Waals surface area contributed by atoms with Crippen molar-refractivity contribution >= 4 is 23.8 Å². The molecule has 148 valence electrons. The Morgan fingerprint density at radius 1 is 1.14 bits per heavy atom.